The Morgan fingerprint density at radius 1 is 1.58 bits per heavy atom. The lowest BCUT2D eigenvalue weighted by atomic mass is 10.1. The van der Waals surface area contributed by atoms with Gasteiger partial charge in [0, 0.05) is 11.6 Å². The van der Waals surface area contributed by atoms with E-state index in [1.807, 2.05) is 25.2 Å². The molecule has 2 heteroatoms. The number of rotatable bonds is 3. The molecule has 0 spiro atoms. The monoisotopic (exact) mass is 181 g/mol. The first-order valence-electron chi connectivity index (χ1n) is 3.83. The Morgan fingerprint density at radius 3 is 2.83 bits per heavy atom. The first-order valence-corrected chi connectivity index (χ1v) is 4.21. The zero-order valence-corrected chi connectivity index (χ0v) is 7.86. The average molecular weight is 182 g/mol. The van der Waals surface area contributed by atoms with Crippen LogP contribution in [0.3, 0.4) is 0 Å². The van der Waals surface area contributed by atoms with Crippen LogP contribution in [0.4, 0.5) is 0 Å². The van der Waals surface area contributed by atoms with Gasteiger partial charge in [0.2, 0.25) is 0 Å². The first-order chi connectivity index (χ1) is 5.77. The Hall–Kier alpha value is -0.790. The molecule has 1 rings (SSSR count). The van der Waals surface area contributed by atoms with Gasteiger partial charge in [0.15, 0.2) is 0 Å². The number of halogens is 1. The molecule has 0 fully saturated rings. The molecule has 0 saturated heterocycles. The molecule has 0 atom stereocenters. The SMILES string of the molecule is C=Cc1ccc(CNC)cc1Cl. The van der Waals surface area contributed by atoms with Crippen LogP contribution >= 0.6 is 11.6 Å². The predicted octanol–water partition coefficient (Wildman–Crippen LogP) is 2.70. The molecule has 1 aromatic carbocycles. The molecule has 0 unspecified atom stereocenters. The smallest absolute Gasteiger partial charge is 0.0481 e. The highest BCUT2D eigenvalue weighted by Crippen LogP contribution is 2.18. The van der Waals surface area contributed by atoms with Gasteiger partial charge < -0.3 is 5.32 Å². The lowest BCUT2D eigenvalue weighted by Gasteiger charge is -2.02. The van der Waals surface area contributed by atoms with E-state index in [-0.39, 0.29) is 0 Å². The Bertz CT molecular complexity index is 281. The molecular weight excluding hydrogens is 170 g/mol. The fourth-order valence-electron chi connectivity index (χ4n) is 1.05. The minimum atomic E-state index is 0.762. The van der Waals surface area contributed by atoms with E-state index in [0.717, 1.165) is 17.1 Å². The fourth-order valence-corrected chi connectivity index (χ4v) is 1.33. The van der Waals surface area contributed by atoms with Crippen LogP contribution in [0, 0.1) is 0 Å². The topological polar surface area (TPSA) is 12.0 Å². The van der Waals surface area contributed by atoms with Crippen LogP contribution in [0.2, 0.25) is 5.02 Å². The molecule has 12 heavy (non-hydrogen) atoms. The summed E-state index contributed by atoms with van der Waals surface area (Å²) in [6.45, 7) is 4.51. The maximum Gasteiger partial charge on any atom is 0.0481 e. The second kappa shape index (κ2) is 4.29. The van der Waals surface area contributed by atoms with Crippen LogP contribution in [0.5, 0.6) is 0 Å². The molecule has 0 amide bonds. The van der Waals surface area contributed by atoms with Gasteiger partial charge in [0.25, 0.3) is 0 Å². The summed E-state index contributed by atoms with van der Waals surface area (Å²) in [6.07, 6.45) is 1.76. The standard InChI is InChI=1S/C10H12ClN/c1-3-9-5-4-8(7-12-2)6-10(9)11/h3-6,12H,1,7H2,2H3. The normalized spacial score (nSPS) is 9.83. The van der Waals surface area contributed by atoms with E-state index in [9.17, 15) is 0 Å². The van der Waals surface area contributed by atoms with E-state index in [1.54, 1.807) is 6.08 Å². The molecular formula is C10H12ClN. The third-order valence-corrected chi connectivity index (χ3v) is 1.99. The number of nitrogens with one attached hydrogen (secondary N) is 1. The van der Waals surface area contributed by atoms with Crippen molar-refractivity contribution < 1.29 is 0 Å². The van der Waals surface area contributed by atoms with Crippen LogP contribution in [-0.4, -0.2) is 7.05 Å². The van der Waals surface area contributed by atoms with Crippen molar-refractivity contribution in [2.45, 2.75) is 6.54 Å². The van der Waals surface area contributed by atoms with Crippen molar-refractivity contribution in [2.24, 2.45) is 0 Å². The maximum atomic E-state index is 5.97. The summed E-state index contributed by atoms with van der Waals surface area (Å²) >= 11 is 5.97. The summed E-state index contributed by atoms with van der Waals surface area (Å²) in [5, 5.41) is 3.83. The molecule has 1 aromatic rings. The zero-order valence-electron chi connectivity index (χ0n) is 7.10. The molecule has 0 aromatic heterocycles. The third kappa shape index (κ3) is 2.10. The van der Waals surface area contributed by atoms with Gasteiger partial charge in [0.1, 0.15) is 0 Å². The number of hydrogen-bond acceptors (Lipinski definition) is 1. The molecule has 0 radical (unpaired) electrons. The van der Waals surface area contributed by atoms with E-state index in [4.69, 9.17) is 11.6 Å². The minimum Gasteiger partial charge on any atom is -0.316 e. The Morgan fingerprint density at radius 2 is 2.33 bits per heavy atom. The van der Waals surface area contributed by atoms with Crippen molar-refractivity contribution in [1.29, 1.82) is 0 Å². The van der Waals surface area contributed by atoms with Crippen LogP contribution in [0.1, 0.15) is 11.1 Å². The minimum absolute atomic E-state index is 0.762. The van der Waals surface area contributed by atoms with Gasteiger partial charge in [-0.2, -0.15) is 0 Å². The molecule has 0 aliphatic rings. The van der Waals surface area contributed by atoms with Crippen molar-refractivity contribution in [3.05, 3.63) is 40.9 Å². The van der Waals surface area contributed by atoms with Crippen molar-refractivity contribution in [3.8, 4) is 0 Å². The molecule has 0 aliphatic carbocycles. The number of benzene rings is 1. The zero-order chi connectivity index (χ0) is 8.97. The second-order valence-electron chi connectivity index (χ2n) is 2.59. The molecule has 1 N–H and O–H groups in total. The summed E-state index contributed by atoms with van der Waals surface area (Å²) in [6, 6.07) is 5.97. The van der Waals surface area contributed by atoms with E-state index < -0.39 is 0 Å². The molecule has 0 aliphatic heterocycles. The molecule has 64 valence electrons. The highest BCUT2D eigenvalue weighted by molar-refractivity contribution is 6.32. The summed E-state index contributed by atoms with van der Waals surface area (Å²) in [7, 11) is 1.91. The lowest BCUT2D eigenvalue weighted by molar-refractivity contribution is 0.818. The number of hydrogen-bond donors (Lipinski definition) is 1. The van der Waals surface area contributed by atoms with Gasteiger partial charge in [-0.1, -0.05) is 36.4 Å². The van der Waals surface area contributed by atoms with E-state index >= 15 is 0 Å². The average Bonchev–Trinajstić information content (AvgIpc) is 2.05. The van der Waals surface area contributed by atoms with Crippen LogP contribution in [0.25, 0.3) is 6.08 Å². The van der Waals surface area contributed by atoms with Crippen molar-refractivity contribution >= 4 is 17.7 Å². The van der Waals surface area contributed by atoms with Crippen LogP contribution in [-0.2, 0) is 6.54 Å². The van der Waals surface area contributed by atoms with Gasteiger partial charge in [-0.05, 0) is 24.2 Å². The van der Waals surface area contributed by atoms with E-state index in [1.165, 1.54) is 5.56 Å². The highest BCUT2D eigenvalue weighted by atomic mass is 35.5. The summed E-state index contributed by atoms with van der Waals surface area (Å²) in [4.78, 5) is 0. The Kier molecular flexibility index (Phi) is 3.32. The Balaban J connectivity index is 2.93. The largest absolute Gasteiger partial charge is 0.316 e. The molecule has 0 saturated carbocycles. The Labute approximate surface area is 78.1 Å². The summed E-state index contributed by atoms with van der Waals surface area (Å²) in [5.41, 5.74) is 2.17. The quantitative estimate of drug-likeness (QED) is 0.756. The van der Waals surface area contributed by atoms with Gasteiger partial charge in [-0.15, -0.1) is 0 Å². The van der Waals surface area contributed by atoms with Crippen molar-refractivity contribution in [2.75, 3.05) is 7.05 Å². The van der Waals surface area contributed by atoms with Gasteiger partial charge in [-0.25, -0.2) is 0 Å². The van der Waals surface area contributed by atoms with Crippen molar-refractivity contribution in [3.63, 3.8) is 0 Å². The van der Waals surface area contributed by atoms with E-state index in [0.29, 0.717) is 0 Å². The molecule has 1 nitrogen and oxygen atoms in total. The predicted molar refractivity (Wildman–Crippen MR) is 54.3 cm³/mol. The maximum absolute atomic E-state index is 5.97. The van der Waals surface area contributed by atoms with Gasteiger partial charge in [0.05, 0.1) is 0 Å². The third-order valence-electron chi connectivity index (χ3n) is 1.67. The molecule has 0 heterocycles. The summed E-state index contributed by atoms with van der Waals surface area (Å²) < 4.78 is 0. The summed E-state index contributed by atoms with van der Waals surface area (Å²) in [5.74, 6) is 0. The van der Waals surface area contributed by atoms with Gasteiger partial charge >= 0.3 is 0 Å². The van der Waals surface area contributed by atoms with E-state index in [2.05, 4.69) is 11.9 Å². The van der Waals surface area contributed by atoms with Crippen molar-refractivity contribution in [1.82, 2.24) is 5.32 Å². The van der Waals surface area contributed by atoms with Crippen LogP contribution in [0.15, 0.2) is 24.8 Å². The van der Waals surface area contributed by atoms with Crippen LogP contribution < -0.4 is 5.32 Å². The highest BCUT2D eigenvalue weighted by Gasteiger charge is 1.97. The fraction of sp³-hybridized carbons (Fsp3) is 0.200. The molecule has 0 bridgehead atoms. The lowest BCUT2D eigenvalue weighted by Crippen LogP contribution is -2.04. The second-order valence-corrected chi connectivity index (χ2v) is 3.00. The first kappa shape index (κ1) is 9.30. The van der Waals surface area contributed by atoms with Gasteiger partial charge in [-0.3, -0.25) is 0 Å².